The lowest BCUT2D eigenvalue weighted by Crippen LogP contribution is -2.48. The lowest BCUT2D eigenvalue weighted by atomic mass is 10.1. The Kier molecular flexibility index (Phi) is 5.69. The van der Waals surface area contributed by atoms with Gasteiger partial charge in [0.15, 0.2) is 0 Å². The summed E-state index contributed by atoms with van der Waals surface area (Å²) in [4.78, 5) is 2.27. The minimum atomic E-state index is -3.42. The van der Waals surface area contributed by atoms with E-state index in [2.05, 4.69) is 34.0 Å². The number of benzene rings is 1. The van der Waals surface area contributed by atoms with E-state index in [-0.39, 0.29) is 16.8 Å². The SMILES string of the molecule is NC(=S)CS(=O)(=O)NC1CCCN(Cc2ccccc2)C1. The van der Waals surface area contributed by atoms with Crippen LogP contribution in [0.2, 0.25) is 0 Å². The van der Waals surface area contributed by atoms with Crippen molar-refractivity contribution in [2.45, 2.75) is 25.4 Å². The van der Waals surface area contributed by atoms with Crippen LogP contribution >= 0.6 is 12.2 Å². The van der Waals surface area contributed by atoms with Crippen LogP contribution in [0.1, 0.15) is 18.4 Å². The van der Waals surface area contributed by atoms with E-state index in [4.69, 9.17) is 5.73 Å². The molecule has 1 saturated heterocycles. The van der Waals surface area contributed by atoms with Gasteiger partial charge in [-0.1, -0.05) is 42.5 Å². The second-order valence-electron chi connectivity index (χ2n) is 5.40. The molecule has 5 nitrogen and oxygen atoms in total. The van der Waals surface area contributed by atoms with Gasteiger partial charge in [-0.3, -0.25) is 4.90 Å². The third kappa shape index (κ3) is 5.70. The number of nitrogens with two attached hydrogens (primary N) is 1. The van der Waals surface area contributed by atoms with E-state index in [0.29, 0.717) is 6.54 Å². The Bertz CT molecular complexity index is 575. The molecule has 1 heterocycles. The third-order valence-electron chi connectivity index (χ3n) is 3.43. The molecule has 1 aliphatic rings. The summed E-state index contributed by atoms with van der Waals surface area (Å²) in [6.45, 7) is 2.54. The molecule has 1 aromatic carbocycles. The summed E-state index contributed by atoms with van der Waals surface area (Å²) in [6.07, 6.45) is 1.83. The van der Waals surface area contributed by atoms with E-state index in [1.807, 2.05) is 18.2 Å². The van der Waals surface area contributed by atoms with Crippen molar-refractivity contribution in [2.24, 2.45) is 5.73 Å². The molecule has 1 atom stereocenters. The van der Waals surface area contributed by atoms with E-state index in [0.717, 1.165) is 25.9 Å². The average Bonchev–Trinajstić information content (AvgIpc) is 2.38. The van der Waals surface area contributed by atoms with Gasteiger partial charge in [-0.2, -0.15) is 0 Å². The zero-order valence-electron chi connectivity index (χ0n) is 11.9. The fourth-order valence-electron chi connectivity index (χ4n) is 2.62. The van der Waals surface area contributed by atoms with Crippen LogP contribution in [0.25, 0.3) is 0 Å². The average molecular weight is 327 g/mol. The number of rotatable bonds is 6. The Morgan fingerprint density at radius 2 is 2.10 bits per heavy atom. The molecule has 0 aromatic heterocycles. The highest BCUT2D eigenvalue weighted by atomic mass is 32.2. The number of piperidine rings is 1. The summed E-state index contributed by atoms with van der Waals surface area (Å²) in [5.74, 6) is -0.280. The zero-order chi connectivity index (χ0) is 15.3. The van der Waals surface area contributed by atoms with Crippen LogP contribution in [0, 0.1) is 0 Å². The molecule has 0 bridgehead atoms. The topological polar surface area (TPSA) is 75.4 Å². The maximum atomic E-state index is 11.9. The quantitative estimate of drug-likeness (QED) is 0.758. The highest BCUT2D eigenvalue weighted by molar-refractivity contribution is 7.92. The summed E-state index contributed by atoms with van der Waals surface area (Å²) in [5, 5.41) is 0. The monoisotopic (exact) mass is 327 g/mol. The van der Waals surface area contributed by atoms with E-state index in [9.17, 15) is 8.42 Å². The molecule has 1 unspecified atom stereocenters. The van der Waals surface area contributed by atoms with Gasteiger partial charge in [0.25, 0.3) is 0 Å². The van der Waals surface area contributed by atoms with Gasteiger partial charge in [-0.05, 0) is 24.9 Å². The van der Waals surface area contributed by atoms with Gasteiger partial charge in [0, 0.05) is 19.1 Å². The van der Waals surface area contributed by atoms with Crippen molar-refractivity contribution < 1.29 is 8.42 Å². The van der Waals surface area contributed by atoms with Gasteiger partial charge in [0.2, 0.25) is 10.0 Å². The molecule has 0 aliphatic carbocycles. The Morgan fingerprint density at radius 3 is 2.76 bits per heavy atom. The van der Waals surface area contributed by atoms with Gasteiger partial charge in [-0.25, -0.2) is 13.1 Å². The van der Waals surface area contributed by atoms with Crippen LogP contribution in [0.5, 0.6) is 0 Å². The van der Waals surface area contributed by atoms with Crippen molar-refractivity contribution in [1.82, 2.24) is 9.62 Å². The minimum absolute atomic E-state index is 0.000508. The predicted molar refractivity (Wildman–Crippen MR) is 88.4 cm³/mol. The Morgan fingerprint density at radius 1 is 1.38 bits per heavy atom. The molecule has 0 spiro atoms. The van der Waals surface area contributed by atoms with Crippen molar-refractivity contribution in [1.29, 1.82) is 0 Å². The number of sulfonamides is 1. The molecule has 21 heavy (non-hydrogen) atoms. The summed E-state index contributed by atoms with van der Waals surface area (Å²) < 4.78 is 26.5. The minimum Gasteiger partial charge on any atom is -0.392 e. The molecule has 1 fully saturated rings. The standard InChI is InChI=1S/C14H21N3O2S2/c15-14(20)11-21(18,19)16-13-7-4-8-17(10-13)9-12-5-2-1-3-6-12/h1-3,5-6,13,16H,4,7-11H2,(H2,15,20). The maximum absolute atomic E-state index is 11.9. The van der Waals surface area contributed by atoms with Crippen molar-refractivity contribution in [2.75, 3.05) is 18.8 Å². The summed E-state index contributed by atoms with van der Waals surface area (Å²) in [5.41, 5.74) is 6.55. The first kappa shape index (κ1) is 16.4. The number of hydrogen-bond donors (Lipinski definition) is 2. The third-order valence-corrected chi connectivity index (χ3v) is 5.14. The lowest BCUT2D eigenvalue weighted by molar-refractivity contribution is 0.194. The lowest BCUT2D eigenvalue weighted by Gasteiger charge is -2.33. The van der Waals surface area contributed by atoms with Crippen molar-refractivity contribution >= 4 is 27.2 Å². The van der Waals surface area contributed by atoms with Crippen molar-refractivity contribution in [3.05, 3.63) is 35.9 Å². The largest absolute Gasteiger partial charge is 0.392 e. The van der Waals surface area contributed by atoms with Crippen LogP contribution in [-0.2, 0) is 16.6 Å². The van der Waals surface area contributed by atoms with Gasteiger partial charge < -0.3 is 5.73 Å². The highest BCUT2D eigenvalue weighted by Gasteiger charge is 2.24. The van der Waals surface area contributed by atoms with Crippen LogP contribution in [0.3, 0.4) is 0 Å². The first-order chi connectivity index (χ1) is 9.94. The molecule has 1 aromatic rings. The smallest absolute Gasteiger partial charge is 0.218 e. The first-order valence-corrected chi connectivity index (χ1v) is 9.05. The van der Waals surface area contributed by atoms with Crippen LogP contribution < -0.4 is 10.5 Å². The molecule has 0 amide bonds. The van der Waals surface area contributed by atoms with E-state index in [1.165, 1.54) is 5.56 Å². The first-order valence-electron chi connectivity index (χ1n) is 6.99. The number of hydrogen-bond acceptors (Lipinski definition) is 4. The molecule has 116 valence electrons. The zero-order valence-corrected chi connectivity index (χ0v) is 13.5. The Labute approximate surface area is 131 Å². The van der Waals surface area contributed by atoms with Crippen molar-refractivity contribution in [3.8, 4) is 0 Å². The van der Waals surface area contributed by atoms with E-state index in [1.54, 1.807) is 0 Å². The van der Waals surface area contributed by atoms with Crippen LogP contribution in [-0.4, -0.2) is 43.2 Å². The normalized spacial score (nSPS) is 20.3. The predicted octanol–water partition coefficient (Wildman–Crippen LogP) is 0.857. The molecular formula is C14H21N3O2S2. The Hall–Kier alpha value is -1.02. The molecular weight excluding hydrogens is 306 g/mol. The molecule has 7 heteroatoms. The second-order valence-corrected chi connectivity index (χ2v) is 7.68. The van der Waals surface area contributed by atoms with Gasteiger partial charge >= 0.3 is 0 Å². The highest BCUT2D eigenvalue weighted by Crippen LogP contribution is 2.14. The Balaban J connectivity index is 1.90. The maximum Gasteiger partial charge on any atom is 0.218 e. The number of nitrogens with zero attached hydrogens (tertiary/aromatic N) is 1. The number of likely N-dealkylation sites (tertiary alicyclic amines) is 1. The van der Waals surface area contributed by atoms with Crippen LogP contribution in [0.4, 0.5) is 0 Å². The molecule has 0 radical (unpaired) electrons. The summed E-state index contributed by atoms with van der Waals surface area (Å²) in [6, 6.07) is 10.1. The van der Waals surface area contributed by atoms with E-state index >= 15 is 0 Å². The van der Waals surface area contributed by atoms with Gasteiger partial charge in [-0.15, -0.1) is 0 Å². The molecule has 2 rings (SSSR count). The number of thiocarbonyl (C=S) groups is 1. The molecule has 3 N–H and O–H groups in total. The van der Waals surface area contributed by atoms with Gasteiger partial charge in [0.05, 0.1) is 4.99 Å². The second kappa shape index (κ2) is 7.31. The van der Waals surface area contributed by atoms with Gasteiger partial charge in [0.1, 0.15) is 5.75 Å². The van der Waals surface area contributed by atoms with Crippen molar-refractivity contribution in [3.63, 3.8) is 0 Å². The van der Waals surface area contributed by atoms with Crippen LogP contribution in [0.15, 0.2) is 30.3 Å². The number of nitrogens with one attached hydrogen (secondary N) is 1. The van der Waals surface area contributed by atoms with E-state index < -0.39 is 10.0 Å². The fraction of sp³-hybridized carbons (Fsp3) is 0.500. The summed E-state index contributed by atoms with van der Waals surface area (Å²) in [7, 11) is -3.42. The fourth-order valence-corrected chi connectivity index (χ4v) is 4.24. The summed E-state index contributed by atoms with van der Waals surface area (Å²) >= 11 is 4.67. The molecule has 0 saturated carbocycles. The molecule has 1 aliphatic heterocycles.